The van der Waals surface area contributed by atoms with Gasteiger partial charge in [0.05, 0.1) is 18.8 Å². The Morgan fingerprint density at radius 3 is 2.50 bits per heavy atom. The van der Waals surface area contributed by atoms with Gasteiger partial charge in [0.15, 0.2) is 5.96 Å². The zero-order valence-corrected chi connectivity index (χ0v) is 14.6. The van der Waals surface area contributed by atoms with Crippen LogP contribution in [0.25, 0.3) is 0 Å². The van der Waals surface area contributed by atoms with Crippen molar-refractivity contribution in [2.75, 3.05) is 19.6 Å². The van der Waals surface area contributed by atoms with Gasteiger partial charge in [0.25, 0.3) is 5.91 Å². The van der Waals surface area contributed by atoms with E-state index < -0.39 is 0 Å². The summed E-state index contributed by atoms with van der Waals surface area (Å²) < 4.78 is 5.69. The largest absolute Gasteiger partial charge is 0.372 e. The standard InChI is InChI=1S/C18H26N4O2/c1-12-8-19-18(21-12)20-9-15-4-6-16(7-5-15)17(23)22-10-13(2)24-14(3)11-22/h4-7,12-14H,8-11H2,1-3H3,(H2,19,20,21). The Morgan fingerprint density at radius 2 is 1.92 bits per heavy atom. The molecule has 1 aromatic rings. The number of guanidine groups is 1. The first-order valence-electron chi connectivity index (χ1n) is 8.60. The fourth-order valence-corrected chi connectivity index (χ4v) is 3.14. The third kappa shape index (κ3) is 4.06. The predicted molar refractivity (Wildman–Crippen MR) is 94.1 cm³/mol. The van der Waals surface area contributed by atoms with E-state index in [-0.39, 0.29) is 18.1 Å². The molecule has 0 spiro atoms. The van der Waals surface area contributed by atoms with Crippen LogP contribution in [0, 0.1) is 0 Å². The summed E-state index contributed by atoms with van der Waals surface area (Å²) in [7, 11) is 0. The van der Waals surface area contributed by atoms with Gasteiger partial charge in [-0.25, -0.2) is 0 Å². The number of nitrogens with zero attached hydrogens (tertiary/aromatic N) is 2. The van der Waals surface area contributed by atoms with Crippen LogP contribution in [0.15, 0.2) is 29.3 Å². The Bertz CT molecular complexity index is 604. The molecule has 6 heteroatoms. The summed E-state index contributed by atoms with van der Waals surface area (Å²) in [5.41, 5.74) is 1.85. The monoisotopic (exact) mass is 330 g/mol. The maximum Gasteiger partial charge on any atom is 0.254 e. The van der Waals surface area contributed by atoms with Crippen molar-refractivity contribution in [3.8, 4) is 0 Å². The molecular formula is C18H26N4O2. The first-order chi connectivity index (χ1) is 11.5. The van der Waals surface area contributed by atoms with Crippen LogP contribution in [0.3, 0.4) is 0 Å². The minimum atomic E-state index is 0.0761. The quantitative estimate of drug-likeness (QED) is 0.879. The zero-order chi connectivity index (χ0) is 17.1. The number of hydrogen-bond donors (Lipinski definition) is 2. The molecule has 2 heterocycles. The molecule has 2 N–H and O–H groups in total. The van der Waals surface area contributed by atoms with Crippen LogP contribution < -0.4 is 10.6 Å². The third-order valence-corrected chi connectivity index (χ3v) is 4.27. The number of ether oxygens (including phenoxy) is 1. The van der Waals surface area contributed by atoms with Crippen LogP contribution >= 0.6 is 0 Å². The minimum absolute atomic E-state index is 0.0761. The van der Waals surface area contributed by atoms with Gasteiger partial charge in [-0.1, -0.05) is 12.1 Å². The van der Waals surface area contributed by atoms with Crippen LogP contribution in [0.5, 0.6) is 0 Å². The molecule has 130 valence electrons. The van der Waals surface area contributed by atoms with Gasteiger partial charge in [0, 0.05) is 31.2 Å². The Kier molecular flexibility index (Phi) is 5.04. The Hall–Kier alpha value is -2.08. The molecule has 3 unspecified atom stereocenters. The van der Waals surface area contributed by atoms with Gasteiger partial charge in [0.2, 0.25) is 0 Å². The molecule has 1 fully saturated rings. The van der Waals surface area contributed by atoms with Crippen molar-refractivity contribution in [1.82, 2.24) is 15.5 Å². The lowest BCUT2D eigenvalue weighted by molar-refractivity contribution is -0.0586. The molecule has 0 saturated carbocycles. The van der Waals surface area contributed by atoms with Crippen molar-refractivity contribution in [3.63, 3.8) is 0 Å². The van der Waals surface area contributed by atoms with Crippen LogP contribution in [0.1, 0.15) is 36.7 Å². The van der Waals surface area contributed by atoms with Crippen LogP contribution in [0.2, 0.25) is 0 Å². The maximum absolute atomic E-state index is 12.6. The van der Waals surface area contributed by atoms with E-state index in [0.717, 1.165) is 23.6 Å². The van der Waals surface area contributed by atoms with E-state index in [1.807, 2.05) is 43.0 Å². The normalized spacial score (nSPS) is 26.7. The molecule has 6 nitrogen and oxygen atoms in total. The van der Waals surface area contributed by atoms with E-state index >= 15 is 0 Å². The average Bonchev–Trinajstić information content (AvgIpc) is 2.97. The molecule has 24 heavy (non-hydrogen) atoms. The number of hydrogen-bond acceptors (Lipinski definition) is 5. The number of aliphatic imine (C=N–C) groups is 1. The van der Waals surface area contributed by atoms with Gasteiger partial charge in [0.1, 0.15) is 0 Å². The molecule has 0 aromatic heterocycles. The van der Waals surface area contributed by atoms with Crippen molar-refractivity contribution in [2.45, 2.75) is 45.6 Å². The van der Waals surface area contributed by atoms with Gasteiger partial charge in [-0.2, -0.15) is 0 Å². The van der Waals surface area contributed by atoms with Crippen molar-refractivity contribution < 1.29 is 9.53 Å². The summed E-state index contributed by atoms with van der Waals surface area (Å²) >= 11 is 0. The van der Waals surface area contributed by atoms with E-state index in [9.17, 15) is 4.79 Å². The predicted octanol–water partition coefficient (Wildman–Crippen LogP) is 1.37. The second-order valence-corrected chi connectivity index (χ2v) is 6.75. The highest BCUT2D eigenvalue weighted by molar-refractivity contribution is 5.94. The SMILES string of the molecule is CC1CN=C(NCc2ccc(C(=O)N3CC(C)OC(C)C3)cc2)N1. The molecule has 2 aliphatic heterocycles. The lowest BCUT2D eigenvalue weighted by Gasteiger charge is -2.35. The highest BCUT2D eigenvalue weighted by Gasteiger charge is 2.26. The van der Waals surface area contributed by atoms with Gasteiger partial charge in [-0.15, -0.1) is 0 Å². The van der Waals surface area contributed by atoms with E-state index in [1.165, 1.54) is 0 Å². The zero-order valence-electron chi connectivity index (χ0n) is 14.6. The summed E-state index contributed by atoms with van der Waals surface area (Å²) in [5.74, 6) is 0.922. The number of rotatable bonds is 3. The first kappa shape index (κ1) is 16.8. The summed E-state index contributed by atoms with van der Waals surface area (Å²) in [6, 6.07) is 8.18. The average molecular weight is 330 g/mol. The topological polar surface area (TPSA) is 66.0 Å². The van der Waals surface area contributed by atoms with Gasteiger partial charge >= 0.3 is 0 Å². The number of benzene rings is 1. The molecule has 0 bridgehead atoms. The molecule has 3 rings (SSSR count). The van der Waals surface area contributed by atoms with Gasteiger partial charge in [-0.05, 0) is 38.5 Å². The van der Waals surface area contributed by atoms with Crippen molar-refractivity contribution in [2.24, 2.45) is 4.99 Å². The van der Waals surface area contributed by atoms with Crippen molar-refractivity contribution in [1.29, 1.82) is 0 Å². The second kappa shape index (κ2) is 7.21. The van der Waals surface area contributed by atoms with Crippen molar-refractivity contribution >= 4 is 11.9 Å². The van der Waals surface area contributed by atoms with Crippen LogP contribution in [-0.4, -0.2) is 54.7 Å². The molecule has 1 aromatic carbocycles. The minimum Gasteiger partial charge on any atom is -0.372 e. The van der Waals surface area contributed by atoms with E-state index in [1.54, 1.807) is 0 Å². The highest BCUT2D eigenvalue weighted by Crippen LogP contribution is 2.15. The first-order valence-corrected chi connectivity index (χ1v) is 8.60. The van der Waals surface area contributed by atoms with E-state index in [0.29, 0.717) is 25.7 Å². The number of amides is 1. The Balaban J connectivity index is 1.56. The summed E-state index contributed by atoms with van der Waals surface area (Å²) in [4.78, 5) is 18.9. The van der Waals surface area contributed by atoms with Crippen molar-refractivity contribution in [3.05, 3.63) is 35.4 Å². The number of carbonyl (C=O) groups is 1. The van der Waals surface area contributed by atoms with Gasteiger partial charge < -0.3 is 20.3 Å². The molecular weight excluding hydrogens is 304 g/mol. The highest BCUT2D eigenvalue weighted by atomic mass is 16.5. The molecule has 3 atom stereocenters. The lowest BCUT2D eigenvalue weighted by atomic mass is 10.1. The van der Waals surface area contributed by atoms with Gasteiger partial charge in [-0.3, -0.25) is 9.79 Å². The third-order valence-electron chi connectivity index (χ3n) is 4.27. The molecule has 2 aliphatic rings. The molecule has 0 radical (unpaired) electrons. The molecule has 1 amide bonds. The number of carbonyl (C=O) groups excluding carboxylic acids is 1. The maximum atomic E-state index is 12.6. The Morgan fingerprint density at radius 1 is 1.25 bits per heavy atom. The molecule has 0 aliphatic carbocycles. The van der Waals surface area contributed by atoms with Crippen LogP contribution in [0.4, 0.5) is 0 Å². The fourth-order valence-electron chi connectivity index (χ4n) is 3.14. The van der Waals surface area contributed by atoms with E-state index in [2.05, 4.69) is 22.5 Å². The number of morpholine rings is 1. The Labute approximate surface area is 143 Å². The summed E-state index contributed by atoms with van der Waals surface area (Å²) in [6.45, 7) is 8.92. The van der Waals surface area contributed by atoms with Crippen LogP contribution in [-0.2, 0) is 11.3 Å². The van der Waals surface area contributed by atoms with E-state index in [4.69, 9.17) is 4.74 Å². The smallest absolute Gasteiger partial charge is 0.254 e. The summed E-state index contributed by atoms with van der Waals surface area (Å²) in [5, 5.41) is 6.55. The number of nitrogens with one attached hydrogen (secondary N) is 2. The molecule has 1 saturated heterocycles. The summed E-state index contributed by atoms with van der Waals surface area (Å²) in [6.07, 6.45) is 0.173. The lowest BCUT2D eigenvalue weighted by Crippen LogP contribution is -2.48. The fraction of sp³-hybridized carbons (Fsp3) is 0.556. The second-order valence-electron chi connectivity index (χ2n) is 6.75.